The molecule has 0 saturated heterocycles. The van der Waals surface area contributed by atoms with Crippen LogP contribution in [0.15, 0.2) is 91.0 Å². The molecule has 0 aliphatic carbocycles. The van der Waals surface area contributed by atoms with Gasteiger partial charge in [-0.15, -0.1) is 0 Å². The van der Waals surface area contributed by atoms with Crippen LogP contribution in [0.4, 0.5) is 0 Å². The predicted molar refractivity (Wildman–Crippen MR) is 98.9 cm³/mol. The van der Waals surface area contributed by atoms with Crippen molar-refractivity contribution in [2.45, 2.75) is 18.5 Å². The Morgan fingerprint density at radius 2 is 1.12 bits per heavy atom. The van der Waals surface area contributed by atoms with E-state index in [0.29, 0.717) is 0 Å². The van der Waals surface area contributed by atoms with E-state index in [1.807, 2.05) is 30.3 Å². The van der Waals surface area contributed by atoms with E-state index in [4.69, 9.17) is 0 Å². The Balaban J connectivity index is 1.85. The van der Waals surface area contributed by atoms with Gasteiger partial charge in [-0.2, -0.15) is 0 Å². The van der Waals surface area contributed by atoms with Crippen LogP contribution < -0.4 is 5.32 Å². The van der Waals surface area contributed by atoms with E-state index in [1.54, 1.807) is 0 Å². The molecular weight excluding hydrogens is 294 g/mol. The van der Waals surface area contributed by atoms with E-state index < -0.39 is 0 Å². The molecule has 122 valence electrons. The van der Waals surface area contributed by atoms with Crippen LogP contribution in [0.3, 0.4) is 0 Å². The average Bonchev–Trinajstić information content (AvgIpc) is 2.67. The smallest absolute Gasteiger partial charge is 0.0594 e. The third-order valence-electron chi connectivity index (χ3n) is 4.33. The molecule has 0 fully saturated rings. The van der Waals surface area contributed by atoms with Crippen molar-refractivity contribution < 1.29 is 5.11 Å². The summed E-state index contributed by atoms with van der Waals surface area (Å²) in [5.74, 6) is 0.112. The normalized spacial score (nSPS) is 12.2. The fourth-order valence-electron chi connectivity index (χ4n) is 3.11. The molecule has 2 nitrogen and oxygen atoms in total. The van der Waals surface area contributed by atoms with Crippen molar-refractivity contribution in [2.75, 3.05) is 6.61 Å². The Morgan fingerprint density at radius 3 is 1.58 bits per heavy atom. The van der Waals surface area contributed by atoms with Crippen LogP contribution in [-0.4, -0.2) is 17.8 Å². The highest BCUT2D eigenvalue weighted by molar-refractivity contribution is 5.34. The maximum atomic E-state index is 10.0. The molecule has 3 aromatic carbocycles. The molecule has 0 saturated carbocycles. The molecule has 0 radical (unpaired) electrons. The number of rotatable bonds is 7. The van der Waals surface area contributed by atoms with Gasteiger partial charge in [0.05, 0.1) is 6.61 Å². The maximum Gasteiger partial charge on any atom is 0.0594 e. The Labute approximate surface area is 143 Å². The van der Waals surface area contributed by atoms with Crippen molar-refractivity contribution in [1.82, 2.24) is 5.32 Å². The number of benzene rings is 3. The molecule has 0 heterocycles. The number of hydrogen-bond acceptors (Lipinski definition) is 2. The van der Waals surface area contributed by atoms with Crippen molar-refractivity contribution in [3.8, 4) is 0 Å². The minimum Gasteiger partial charge on any atom is -0.395 e. The van der Waals surface area contributed by atoms with Crippen LogP contribution in [0.25, 0.3) is 0 Å². The maximum absolute atomic E-state index is 10.0. The van der Waals surface area contributed by atoms with Crippen molar-refractivity contribution >= 4 is 0 Å². The molecule has 0 bridgehead atoms. The van der Waals surface area contributed by atoms with Gasteiger partial charge in [0.2, 0.25) is 0 Å². The minimum absolute atomic E-state index is 0.0463. The predicted octanol–water partition coefficient (Wildman–Crippen LogP) is 3.97. The lowest BCUT2D eigenvalue weighted by molar-refractivity contribution is 0.230. The number of nitrogens with one attached hydrogen (secondary N) is 1. The zero-order chi connectivity index (χ0) is 16.6. The Morgan fingerprint density at radius 1 is 0.667 bits per heavy atom. The Hall–Kier alpha value is -2.42. The Kier molecular flexibility index (Phi) is 5.78. The summed E-state index contributed by atoms with van der Waals surface area (Å²) in [6.45, 7) is 0.823. The Bertz CT molecular complexity index is 673. The van der Waals surface area contributed by atoms with Crippen molar-refractivity contribution in [1.29, 1.82) is 0 Å². The van der Waals surface area contributed by atoms with Crippen molar-refractivity contribution in [3.05, 3.63) is 108 Å². The monoisotopic (exact) mass is 317 g/mol. The first kappa shape index (κ1) is 16.4. The molecule has 0 amide bonds. The largest absolute Gasteiger partial charge is 0.395 e. The topological polar surface area (TPSA) is 32.3 Å². The van der Waals surface area contributed by atoms with Crippen molar-refractivity contribution in [2.24, 2.45) is 0 Å². The third kappa shape index (κ3) is 4.10. The van der Waals surface area contributed by atoms with Gasteiger partial charge < -0.3 is 10.4 Å². The summed E-state index contributed by atoms with van der Waals surface area (Å²) in [6, 6.07) is 31.0. The van der Waals surface area contributed by atoms with E-state index in [2.05, 4.69) is 66.0 Å². The molecule has 24 heavy (non-hydrogen) atoms. The van der Waals surface area contributed by atoms with Gasteiger partial charge in [-0.3, -0.25) is 0 Å². The van der Waals surface area contributed by atoms with Crippen LogP contribution in [0, 0.1) is 0 Å². The third-order valence-corrected chi connectivity index (χ3v) is 4.33. The number of aliphatic hydroxyl groups is 1. The summed E-state index contributed by atoms with van der Waals surface area (Å²) < 4.78 is 0. The zero-order valence-corrected chi connectivity index (χ0v) is 13.7. The highest BCUT2D eigenvalue weighted by atomic mass is 16.3. The van der Waals surface area contributed by atoms with Crippen LogP contribution in [0.5, 0.6) is 0 Å². The summed E-state index contributed by atoms with van der Waals surface area (Å²) in [7, 11) is 0. The lowest BCUT2D eigenvalue weighted by Crippen LogP contribution is -2.38. The second-order valence-corrected chi connectivity index (χ2v) is 5.95. The average molecular weight is 317 g/mol. The van der Waals surface area contributed by atoms with Gasteiger partial charge in [0, 0.05) is 18.5 Å². The molecule has 0 aromatic heterocycles. The van der Waals surface area contributed by atoms with Crippen LogP contribution >= 0.6 is 0 Å². The lowest BCUT2D eigenvalue weighted by Gasteiger charge is -2.28. The van der Waals surface area contributed by atoms with E-state index in [9.17, 15) is 5.11 Å². The molecule has 0 aliphatic rings. The first-order chi connectivity index (χ1) is 11.9. The highest BCUT2D eigenvalue weighted by Gasteiger charge is 2.23. The molecule has 3 rings (SSSR count). The van der Waals surface area contributed by atoms with Crippen LogP contribution in [0.2, 0.25) is 0 Å². The van der Waals surface area contributed by atoms with Gasteiger partial charge in [0.25, 0.3) is 0 Å². The van der Waals surface area contributed by atoms with E-state index in [1.165, 1.54) is 16.7 Å². The standard InChI is InChI=1S/C22H23NO/c24-17-21(23-16-18-10-4-1-5-11-18)22(19-12-6-2-7-13-19)20-14-8-3-9-15-20/h1-15,21-24H,16-17H2. The van der Waals surface area contributed by atoms with Gasteiger partial charge in [0.15, 0.2) is 0 Å². The van der Waals surface area contributed by atoms with Crippen LogP contribution in [-0.2, 0) is 6.54 Å². The van der Waals surface area contributed by atoms with E-state index >= 15 is 0 Å². The molecule has 0 spiro atoms. The second-order valence-electron chi connectivity index (χ2n) is 5.95. The fraction of sp³-hybridized carbons (Fsp3) is 0.182. The number of hydrogen-bond donors (Lipinski definition) is 2. The number of aliphatic hydroxyl groups excluding tert-OH is 1. The molecule has 1 unspecified atom stereocenters. The van der Waals surface area contributed by atoms with Gasteiger partial charge in [-0.05, 0) is 16.7 Å². The first-order valence-corrected chi connectivity index (χ1v) is 8.36. The summed E-state index contributed by atoms with van der Waals surface area (Å²) in [5, 5.41) is 13.6. The molecule has 2 N–H and O–H groups in total. The molecule has 3 aromatic rings. The fourth-order valence-corrected chi connectivity index (χ4v) is 3.11. The molecule has 0 aliphatic heterocycles. The van der Waals surface area contributed by atoms with E-state index in [-0.39, 0.29) is 18.6 Å². The summed E-state index contributed by atoms with van der Waals surface area (Å²) in [6.07, 6.45) is 0. The van der Waals surface area contributed by atoms with Crippen molar-refractivity contribution in [3.63, 3.8) is 0 Å². The first-order valence-electron chi connectivity index (χ1n) is 8.36. The molecule has 2 heteroatoms. The van der Waals surface area contributed by atoms with Gasteiger partial charge in [-0.1, -0.05) is 91.0 Å². The van der Waals surface area contributed by atoms with Gasteiger partial charge in [0.1, 0.15) is 0 Å². The van der Waals surface area contributed by atoms with Crippen LogP contribution in [0.1, 0.15) is 22.6 Å². The van der Waals surface area contributed by atoms with Gasteiger partial charge in [-0.25, -0.2) is 0 Å². The summed E-state index contributed by atoms with van der Waals surface area (Å²) in [4.78, 5) is 0. The quantitative estimate of drug-likeness (QED) is 0.691. The SMILES string of the molecule is OCC(NCc1ccccc1)C(c1ccccc1)c1ccccc1. The second kappa shape index (κ2) is 8.44. The summed E-state index contributed by atoms with van der Waals surface area (Å²) >= 11 is 0. The molecule has 1 atom stereocenters. The lowest BCUT2D eigenvalue weighted by atomic mass is 9.85. The summed E-state index contributed by atoms with van der Waals surface area (Å²) in [5.41, 5.74) is 3.64. The molecular formula is C22H23NO. The zero-order valence-electron chi connectivity index (χ0n) is 13.7. The minimum atomic E-state index is -0.0463. The van der Waals surface area contributed by atoms with Gasteiger partial charge >= 0.3 is 0 Å². The highest BCUT2D eigenvalue weighted by Crippen LogP contribution is 2.28. The van der Waals surface area contributed by atoms with E-state index in [0.717, 1.165) is 6.54 Å².